The number of hydrogen-bond donors (Lipinski definition) is 1. The Hall–Kier alpha value is -0.340. The van der Waals surface area contributed by atoms with Crippen molar-refractivity contribution in [1.82, 2.24) is 0 Å². The highest BCUT2D eigenvalue weighted by molar-refractivity contribution is 9.10. The third-order valence-electron chi connectivity index (χ3n) is 2.67. The Labute approximate surface area is 101 Å². The van der Waals surface area contributed by atoms with E-state index in [0.717, 1.165) is 10.9 Å². The molecule has 0 amide bonds. The molecule has 1 rings (SSSR count). The van der Waals surface area contributed by atoms with E-state index in [4.69, 9.17) is 5.73 Å². The lowest BCUT2D eigenvalue weighted by atomic mass is 10.0. The molecule has 1 nitrogen and oxygen atoms in total. The van der Waals surface area contributed by atoms with Crippen molar-refractivity contribution in [2.24, 2.45) is 5.73 Å². The summed E-state index contributed by atoms with van der Waals surface area (Å²) in [5.41, 5.74) is 7.38. The smallest absolute Gasteiger partial charge is 0.0306 e. The molecule has 2 N–H and O–H groups in total. The molecule has 1 aromatic rings. The van der Waals surface area contributed by atoms with Crippen LogP contribution in [0.2, 0.25) is 0 Å². The van der Waals surface area contributed by atoms with Crippen LogP contribution >= 0.6 is 15.9 Å². The Morgan fingerprint density at radius 1 is 1.20 bits per heavy atom. The molecule has 0 radical (unpaired) electrons. The van der Waals surface area contributed by atoms with Crippen LogP contribution in [0.15, 0.2) is 28.7 Å². The first-order chi connectivity index (χ1) is 7.25. The standard InChI is InChI=1S/C13H20BrN/c1-2-3-4-5-10-13(15)11-8-6-7-9-12(11)14/h6-9,13H,2-5,10,15H2,1H3. The van der Waals surface area contributed by atoms with Gasteiger partial charge in [0.1, 0.15) is 0 Å². The van der Waals surface area contributed by atoms with Crippen molar-refractivity contribution in [2.45, 2.75) is 45.1 Å². The highest BCUT2D eigenvalue weighted by atomic mass is 79.9. The highest BCUT2D eigenvalue weighted by Gasteiger charge is 2.08. The van der Waals surface area contributed by atoms with Crippen molar-refractivity contribution in [3.05, 3.63) is 34.3 Å². The lowest BCUT2D eigenvalue weighted by Gasteiger charge is -2.13. The molecule has 15 heavy (non-hydrogen) atoms. The van der Waals surface area contributed by atoms with Gasteiger partial charge in [-0.1, -0.05) is 66.7 Å². The van der Waals surface area contributed by atoms with E-state index < -0.39 is 0 Å². The van der Waals surface area contributed by atoms with Gasteiger partial charge in [0.2, 0.25) is 0 Å². The van der Waals surface area contributed by atoms with E-state index in [1.54, 1.807) is 0 Å². The van der Waals surface area contributed by atoms with Crippen LogP contribution in [-0.4, -0.2) is 0 Å². The third-order valence-corrected chi connectivity index (χ3v) is 3.40. The third kappa shape index (κ3) is 4.35. The molecule has 0 aromatic heterocycles. The largest absolute Gasteiger partial charge is 0.324 e. The fourth-order valence-electron chi connectivity index (χ4n) is 1.72. The predicted molar refractivity (Wildman–Crippen MR) is 69.8 cm³/mol. The van der Waals surface area contributed by atoms with Gasteiger partial charge in [-0.15, -0.1) is 0 Å². The van der Waals surface area contributed by atoms with Crippen LogP contribution in [-0.2, 0) is 0 Å². The first kappa shape index (κ1) is 12.7. The topological polar surface area (TPSA) is 26.0 Å². The van der Waals surface area contributed by atoms with Crippen molar-refractivity contribution in [2.75, 3.05) is 0 Å². The fraction of sp³-hybridized carbons (Fsp3) is 0.538. The Morgan fingerprint density at radius 2 is 1.93 bits per heavy atom. The molecular formula is C13H20BrN. The molecule has 0 aliphatic carbocycles. The van der Waals surface area contributed by atoms with E-state index in [0.29, 0.717) is 0 Å². The summed E-state index contributed by atoms with van der Waals surface area (Å²) in [4.78, 5) is 0. The van der Waals surface area contributed by atoms with Crippen molar-refractivity contribution in [3.63, 3.8) is 0 Å². The Kier molecular flexibility index (Phi) is 5.96. The molecule has 0 saturated heterocycles. The van der Waals surface area contributed by atoms with Crippen LogP contribution in [0.3, 0.4) is 0 Å². The molecule has 2 heteroatoms. The van der Waals surface area contributed by atoms with Gasteiger partial charge in [-0.2, -0.15) is 0 Å². The van der Waals surface area contributed by atoms with Crippen LogP contribution in [0, 0.1) is 0 Å². The summed E-state index contributed by atoms with van der Waals surface area (Å²) in [6.07, 6.45) is 6.22. The molecule has 0 aliphatic rings. The van der Waals surface area contributed by atoms with E-state index in [1.165, 1.54) is 31.2 Å². The summed E-state index contributed by atoms with van der Waals surface area (Å²) < 4.78 is 1.13. The maximum atomic E-state index is 6.15. The first-order valence-corrected chi connectivity index (χ1v) is 6.55. The molecular weight excluding hydrogens is 250 g/mol. The summed E-state index contributed by atoms with van der Waals surface area (Å²) in [5, 5.41) is 0. The summed E-state index contributed by atoms with van der Waals surface area (Å²) in [5.74, 6) is 0. The maximum Gasteiger partial charge on any atom is 0.0306 e. The van der Waals surface area contributed by atoms with E-state index in [1.807, 2.05) is 12.1 Å². The van der Waals surface area contributed by atoms with Gasteiger partial charge in [-0.25, -0.2) is 0 Å². The maximum absolute atomic E-state index is 6.15. The van der Waals surface area contributed by atoms with E-state index >= 15 is 0 Å². The minimum atomic E-state index is 0.178. The lowest BCUT2D eigenvalue weighted by molar-refractivity contribution is 0.565. The van der Waals surface area contributed by atoms with E-state index in [9.17, 15) is 0 Å². The Morgan fingerprint density at radius 3 is 2.60 bits per heavy atom. The summed E-state index contributed by atoms with van der Waals surface area (Å²) >= 11 is 3.54. The monoisotopic (exact) mass is 269 g/mol. The molecule has 0 fully saturated rings. The Bertz CT molecular complexity index is 286. The van der Waals surface area contributed by atoms with Crippen LogP contribution < -0.4 is 5.73 Å². The zero-order valence-corrected chi connectivity index (χ0v) is 11.0. The van der Waals surface area contributed by atoms with Gasteiger partial charge in [0.05, 0.1) is 0 Å². The molecule has 84 valence electrons. The second-order valence-electron chi connectivity index (χ2n) is 3.98. The van der Waals surface area contributed by atoms with Gasteiger partial charge in [-0.05, 0) is 18.1 Å². The number of rotatable bonds is 6. The van der Waals surface area contributed by atoms with Gasteiger partial charge in [0, 0.05) is 10.5 Å². The van der Waals surface area contributed by atoms with Crippen molar-refractivity contribution < 1.29 is 0 Å². The summed E-state index contributed by atoms with van der Waals surface area (Å²) in [6, 6.07) is 8.41. The molecule has 1 atom stereocenters. The summed E-state index contributed by atoms with van der Waals surface area (Å²) in [7, 11) is 0. The number of hydrogen-bond acceptors (Lipinski definition) is 1. The van der Waals surface area contributed by atoms with Crippen LogP contribution in [0.25, 0.3) is 0 Å². The molecule has 1 unspecified atom stereocenters. The molecule has 0 bridgehead atoms. The molecule has 0 aliphatic heterocycles. The molecule has 0 heterocycles. The van der Waals surface area contributed by atoms with Crippen molar-refractivity contribution >= 4 is 15.9 Å². The fourth-order valence-corrected chi connectivity index (χ4v) is 2.30. The van der Waals surface area contributed by atoms with Crippen molar-refractivity contribution in [3.8, 4) is 0 Å². The molecule has 0 spiro atoms. The quantitative estimate of drug-likeness (QED) is 0.761. The average molecular weight is 270 g/mol. The van der Waals surface area contributed by atoms with Crippen molar-refractivity contribution in [1.29, 1.82) is 0 Å². The highest BCUT2D eigenvalue weighted by Crippen LogP contribution is 2.25. The second kappa shape index (κ2) is 7.02. The number of nitrogens with two attached hydrogens (primary N) is 1. The SMILES string of the molecule is CCCCCCC(N)c1ccccc1Br. The normalized spacial score (nSPS) is 12.7. The van der Waals surface area contributed by atoms with Gasteiger partial charge < -0.3 is 5.73 Å². The van der Waals surface area contributed by atoms with E-state index in [-0.39, 0.29) is 6.04 Å². The minimum absolute atomic E-state index is 0.178. The zero-order chi connectivity index (χ0) is 11.1. The number of unbranched alkanes of at least 4 members (excludes halogenated alkanes) is 3. The molecule has 1 aromatic carbocycles. The van der Waals surface area contributed by atoms with Crippen LogP contribution in [0.5, 0.6) is 0 Å². The predicted octanol–water partition coefficient (Wildman–Crippen LogP) is 4.42. The number of benzene rings is 1. The van der Waals surface area contributed by atoms with Gasteiger partial charge in [0.15, 0.2) is 0 Å². The second-order valence-corrected chi connectivity index (χ2v) is 4.83. The average Bonchev–Trinajstić information content (AvgIpc) is 2.25. The summed E-state index contributed by atoms with van der Waals surface area (Å²) in [6.45, 7) is 2.23. The minimum Gasteiger partial charge on any atom is -0.324 e. The van der Waals surface area contributed by atoms with E-state index in [2.05, 4.69) is 35.0 Å². The zero-order valence-electron chi connectivity index (χ0n) is 9.38. The first-order valence-electron chi connectivity index (χ1n) is 5.75. The molecule has 0 saturated carbocycles. The van der Waals surface area contributed by atoms with Gasteiger partial charge in [-0.3, -0.25) is 0 Å². The van der Waals surface area contributed by atoms with Gasteiger partial charge in [0.25, 0.3) is 0 Å². The number of halogens is 1. The van der Waals surface area contributed by atoms with Crippen LogP contribution in [0.4, 0.5) is 0 Å². The Balaban J connectivity index is 2.40. The van der Waals surface area contributed by atoms with Crippen LogP contribution in [0.1, 0.15) is 50.6 Å². The lowest BCUT2D eigenvalue weighted by Crippen LogP contribution is -2.10. The van der Waals surface area contributed by atoms with Gasteiger partial charge >= 0.3 is 0 Å².